The van der Waals surface area contributed by atoms with Gasteiger partial charge in [-0.15, -0.1) is 0 Å². The molecule has 2 aromatic heterocycles. The van der Waals surface area contributed by atoms with Crippen LogP contribution >= 0.6 is 0 Å². The molecule has 0 aliphatic carbocycles. The molecule has 0 spiro atoms. The number of anilines is 1. The quantitative estimate of drug-likeness (QED) is 0.766. The van der Waals surface area contributed by atoms with Crippen LogP contribution in [0.15, 0.2) is 30.5 Å². The molecule has 0 saturated carbocycles. The average Bonchev–Trinajstić information content (AvgIpc) is 3.04. The van der Waals surface area contributed by atoms with Gasteiger partial charge in [0.2, 0.25) is 0 Å². The number of aryl methyl sites for hydroxylation is 2. The Kier molecular flexibility index (Phi) is 4.55. The van der Waals surface area contributed by atoms with E-state index in [1.807, 2.05) is 7.05 Å². The van der Waals surface area contributed by atoms with Crippen LogP contribution in [0.1, 0.15) is 37.6 Å². The van der Waals surface area contributed by atoms with Crippen LogP contribution in [0.5, 0.6) is 0 Å². The van der Waals surface area contributed by atoms with Gasteiger partial charge in [-0.05, 0) is 37.0 Å². The van der Waals surface area contributed by atoms with Crippen molar-refractivity contribution in [2.75, 3.05) is 18.0 Å². The molecule has 1 saturated heterocycles. The number of nitrogens with zero attached hydrogens (tertiary/aromatic N) is 5. The number of aliphatic hydroxyl groups is 1. The maximum atomic E-state index is 13.2. The lowest BCUT2D eigenvalue weighted by molar-refractivity contribution is 0.0116. The van der Waals surface area contributed by atoms with E-state index in [0.717, 1.165) is 41.1 Å². The van der Waals surface area contributed by atoms with Gasteiger partial charge in [-0.25, -0.2) is 14.4 Å². The first kappa shape index (κ1) is 17.9. The van der Waals surface area contributed by atoms with Crippen molar-refractivity contribution in [2.45, 2.75) is 38.2 Å². The molecule has 6 nitrogen and oxygen atoms in total. The van der Waals surface area contributed by atoms with Gasteiger partial charge in [0.05, 0.1) is 17.2 Å². The minimum atomic E-state index is -0.933. The van der Waals surface area contributed by atoms with Crippen molar-refractivity contribution in [1.82, 2.24) is 19.7 Å². The van der Waals surface area contributed by atoms with E-state index < -0.39 is 5.60 Å². The highest BCUT2D eigenvalue weighted by Gasteiger charge is 2.35. The number of benzene rings is 1. The fourth-order valence-corrected chi connectivity index (χ4v) is 3.76. The van der Waals surface area contributed by atoms with Crippen molar-refractivity contribution in [3.63, 3.8) is 0 Å². The van der Waals surface area contributed by atoms with Crippen LogP contribution < -0.4 is 4.90 Å². The number of hydrogen-bond donors (Lipinski definition) is 1. The van der Waals surface area contributed by atoms with E-state index in [1.165, 1.54) is 12.1 Å². The standard InChI is InChI=1S/C20H24FN5O/c1-3-4-17-23-18-16(13-22-25(18)2)19(24-17)26-11-9-20(27,10-12-26)14-5-7-15(21)8-6-14/h5-8,13,27H,3-4,9-12H2,1-2H3. The first-order valence-electron chi connectivity index (χ1n) is 9.42. The van der Waals surface area contributed by atoms with Crippen molar-refractivity contribution in [1.29, 1.82) is 0 Å². The Morgan fingerprint density at radius 2 is 1.85 bits per heavy atom. The SMILES string of the molecule is CCCc1nc(N2CCC(O)(c3ccc(F)cc3)CC2)c2cnn(C)c2n1. The van der Waals surface area contributed by atoms with Gasteiger partial charge in [0.25, 0.3) is 0 Å². The second-order valence-electron chi connectivity index (χ2n) is 7.24. The molecule has 3 heterocycles. The molecular formula is C20H24FN5O. The van der Waals surface area contributed by atoms with Gasteiger partial charge in [0.15, 0.2) is 5.65 Å². The van der Waals surface area contributed by atoms with E-state index in [9.17, 15) is 9.50 Å². The molecule has 0 unspecified atom stereocenters. The van der Waals surface area contributed by atoms with E-state index in [4.69, 9.17) is 4.98 Å². The summed E-state index contributed by atoms with van der Waals surface area (Å²) in [6, 6.07) is 6.16. The second kappa shape index (κ2) is 6.88. The van der Waals surface area contributed by atoms with Crippen LogP contribution in [0.25, 0.3) is 11.0 Å². The zero-order valence-electron chi connectivity index (χ0n) is 15.7. The van der Waals surface area contributed by atoms with E-state index in [1.54, 1.807) is 23.0 Å². The third-order valence-corrected chi connectivity index (χ3v) is 5.36. The van der Waals surface area contributed by atoms with E-state index >= 15 is 0 Å². The number of hydrogen-bond acceptors (Lipinski definition) is 5. The zero-order chi connectivity index (χ0) is 19.0. The summed E-state index contributed by atoms with van der Waals surface area (Å²) in [6.07, 6.45) is 4.73. The Morgan fingerprint density at radius 3 is 2.52 bits per heavy atom. The highest BCUT2D eigenvalue weighted by atomic mass is 19.1. The summed E-state index contributed by atoms with van der Waals surface area (Å²) >= 11 is 0. The summed E-state index contributed by atoms with van der Waals surface area (Å²) in [6.45, 7) is 3.45. The number of piperidine rings is 1. The molecule has 142 valence electrons. The molecule has 0 bridgehead atoms. The fourth-order valence-electron chi connectivity index (χ4n) is 3.76. The molecule has 27 heavy (non-hydrogen) atoms. The summed E-state index contributed by atoms with van der Waals surface area (Å²) in [5.41, 5.74) is 0.671. The summed E-state index contributed by atoms with van der Waals surface area (Å²) in [5.74, 6) is 1.42. The van der Waals surface area contributed by atoms with Gasteiger partial charge in [0, 0.05) is 26.6 Å². The minimum Gasteiger partial charge on any atom is -0.385 e. The molecule has 0 amide bonds. The predicted molar refractivity (Wildman–Crippen MR) is 102 cm³/mol. The van der Waals surface area contributed by atoms with Crippen LogP contribution in [-0.4, -0.2) is 37.9 Å². The Balaban J connectivity index is 1.62. The van der Waals surface area contributed by atoms with Gasteiger partial charge in [-0.3, -0.25) is 4.68 Å². The van der Waals surface area contributed by atoms with E-state index in [-0.39, 0.29) is 5.82 Å². The molecule has 7 heteroatoms. The number of aromatic nitrogens is 4. The highest BCUT2D eigenvalue weighted by Crippen LogP contribution is 2.35. The monoisotopic (exact) mass is 369 g/mol. The first-order chi connectivity index (χ1) is 13.0. The third kappa shape index (κ3) is 3.27. The Bertz CT molecular complexity index is 945. The molecule has 1 aromatic carbocycles. The third-order valence-electron chi connectivity index (χ3n) is 5.36. The Morgan fingerprint density at radius 1 is 1.15 bits per heavy atom. The lowest BCUT2D eigenvalue weighted by atomic mass is 9.84. The largest absolute Gasteiger partial charge is 0.385 e. The van der Waals surface area contributed by atoms with Crippen molar-refractivity contribution in [3.8, 4) is 0 Å². The topological polar surface area (TPSA) is 67.1 Å². The number of rotatable bonds is 4. The minimum absolute atomic E-state index is 0.289. The summed E-state index contributed by atoms with van der Waals surface area (Å²) < 4.78 is 15.0. The molecule has 0 atom stereocenters. The van der Waals surface area contributed by atoms with Gasteiger partial charge in [-0.1, -0.05) is 19.1 Å². The number of fused-ring (bicyclic) bond motifs is 1. The summed E-state index contributed by atoms with van der Waals surface area (Å²) in [7, 11) is 1.89. The first-order valence-corrected chi connectivity index (χ1v) is 9.42. The van der Waals surface area contributed by atoms with Crippen LogP contribution in [0.3, 0.4) is 0 Å². The summed E-state index contributed by atoms with van der Waals surface area (Å²) in [5, 5.41) is 16.3. The lowest BCUT2D eigenvalue weighted by Crippen LogP contribution is -2.43. The van der Waals surface area contributed by atoms with Crippen LogP contribution in [0, 0.1) is 5.82 Å². The van der Waals surface area contributed by atoms with E-state index in [0.29, 0.717) is 25.9 Å². The van der Waals surface area contributed by atoms with Crippen LogP contribution in [-0.2, 0) is 19.1 Å². The molecule has 1 aliphatic rings. The molecule has 0 radical (unpaired) electrons. The Labute approximate surface area is 157 Å². The predicted octanol–water partition coefficient (Wildman–Crippen LogP) is 2.94. The van der Waals surface area contributed by atoms with E-state index in [2.05, 4.69) is 21.9 Å². The normalized spacial score (nSPS) is 16.8. The smallest absolute Gasteiger partial charge is 0.163 e. The van der Waals surface area contributed by atoms with Crippen molar-refractivity contribution in [3.05, 3.63) is 47.7 Å². The van der Waals surface area contributed by atoms with Gasteiger partial charge in [-0.2, -0.15) is 5.10 Å². The van der Waals surface area contributed by atoms with Crippen molar-refractivity contribution in [2.24, 2.45) is 7.05 Å². The molecule has 1 N–H and O–H groups in total. The molecule has 1 aliphatic heterocycles. The lowest BCUT2D eigenvalue weighted by Gasteiger charge is -2.39. The Hall–Kier alpha value is -2.54. The maximum Gasteiger partial charge on any atom is 0.163 e. The maximum absolute atomic E-state index is 13.2. The average molecular weight is 369 g/mol. The summed E-state index contributed by atoms with van der Waals surface area (Å²) in [4.78, 5) is 11.6. The van der Waals surface area contributed by atoms with Gasteiger partial charge < -0.3 is 10.0 Å². The highest BCUT2D eigenvalue weighted by molar-refractivity contribution is 5.87. The van der Waals surface area contributed by atoms with Gasteiger partial charge >= 0.3 is 0 Å². The molecule has 3 aromatic rings. The van der Waals surface area contributed by atoms with Crippen molar-refractivity contribution >= 4 is 16.9 Å². The van der Waals surface area contributed by atoms with Gasteiger partial charge in [0.1, 0.15) is 17.5 Å². The fraction of sp³-hybridized carbons (Fsp3) is 0.450. The second-order valence-corrected chi connectivity index (χ2v) is 7.24. The van der Waals surface area contributed by atoms with Crippen LogP contribution in [0.4, 0.5) is 10.2 Å². The van der Waals surface area contributed by atoms with Crippen molar-refractivity contribution < 1.29 is 9.50 Å². The molecule has 4 rings (SSSR count). The molecule has 1 fully saturated rings. The van der Waals surface area contributed by atoms with Crippen LogP contribution in [0.2, 0.25) is 0 Å². The number of halogens is 1. The zero-order valence-corrected chi connectivity index (χ0v) is 15.7. The molecular weight excluding hydrogens is 345 g/mol.